The van der Waals surface area contributed by atoms with E-state index in [1.807, 2.05) is 25.1 Å². The molecule has 18 heavy (non-hydrogen) atoms. The number of nitrogens with one attached hydrogen (secondary N) is 1. The molecule has 2 aromatic heterocycles. The molecule has 3 nitrogen and oxygen atoms in total. The molecule has 0 radical (unpaired) electrons. The summed E-state index contributed by atoms with van der Waals surface area (Å²) in [6.07, 6.45) is 1.00. The van der Waals surface area contributed by atoms with Crippen LogP contribution in [0.3, 0.4) is 0 Å². The molecule has 2 aromatic rings. The maximum absolute atomic E-state index is 5.38. The second kappa shape index (κ2) is 6.40. The number of thiophene rings is 1. The molecule has 0 saturated carbocycles. The average Bonchev–Trinajstić information content (AvgIpc) is 2.82. The lowest BCUT2D eigenvalue weighted by Crippen LogP contribution is -2.18. The molecular weight excluding hydrogens is 244 g/mol. The molecule has 0 bridgehead atoms. The Morgan fingerprint density at radius 1 is 1.39 bits per heavy atom. The Kier molecular flexibility index (Phi) is 4.59. The monoisotopic (exact) mass is 262 g/mol. The molecular formula is C14H18N2OS. The van der Waals surface area contributed by atoms with Crippen molar-refractivity contribution in [2.45, 2.75) is 26.3 Å². The van der Waals surface area contributed by atoms with Crippen LogP contribution in [0.5, 0.6) is 5.88 Å². The van der Waals surface area contributed by atoms with Crippen LogP contribution in [-0.2, 0) is 6.42 Å². The van der Waals surface area contributed by atoms with E-state index < -0.39 is 0 Å². The molecule has 0 aliphatic heterocycles. The van der Waals surface area contributed by atoms with Crippen LogP contribution >= 0.6 is 11.3 Å². The molecule has 0 spiro atoms. The minimum absolute atomic E-state index is 0.351. The van der Waals surface area contributed by atoms with Crippen molar-refractivity contribution in [2.24, 2.45) is 0 Å². The Hall–Kier alpha value is -1.55. The van der Waals surface area contributed by atoms with Gasteiger partial charge < -0.3 is 10.1 Å². The number of ether oxygens (including phenoxy) is 1. The van der Waals surface area contributed by atoms with Crippen LogP contribution < -0.4 is 10.1 Å². The van der Waals surface area contributed by atoms with Crippen molar-refractivity contribution < 1.29 is 4.74 Å². The van der Waals surface area contributed by atoms with E-state index in [-0.39, 0.29) is 0 Å². The topological polar surface area (TPSA) is 34.1 Å². The second-order valence-electron chi connectivity index (χ2n) is 4.18. The highest BCUT2D eigenvalue weighted by atomic mass is 32.1. The lowest BCUT2D eigenvalue weighted by Gasteiger charge is -2.14. The molecule has 2 heterocycles. The second-order valence-corrected chi connectivity index (χ2v) is 4.96. The van der Waals surface area contributed by atoms with Gasteiger partial charge in [0.15, 0.2) is 0 Å². The third kappa shape index (κ3) is 3.74. The number of aromatic nitrogens is 1. The highest BCUT2D eigenvalue weighted by molar-refractivity contribution is 7.07. The van der Waals surface area contributed by atoms with Crippen molar-refractivity contribution in [3.8, 4) is 5.88 Å². The zero-order chi connectivity index (χ0) is 12.8. The largest absolute Gasteiger partial charge is 0.478 e. The quantitative estimate of drug-likeness (QED) is 0.864. The van der Waals surface area contributed by atoms with Gasteiger partial charge in [-0.3, -0.25) is 0 Å². The summed E-state index contributed by atoms with van der Waals surface area (Å²) in [5.74, 6) is 1.54. The maximum Gasteiger partial charge on any atom is 0.215 e. The molecule has 1 atom stereocenters. The van der Waals surface area contributed by atoms with Crippen molar-refractivity contribution in [2.75, 3.05) is 11.9 Å². The van der Waals surface area contributed by atoms with Gasteiger partial charge in [-0.25, -0.2) is 0 Å². The fourth-order valence-corrected chi connectivity index (χ4v) is 2.47. The van der Waals surface area contributed by atoms with Gasteiger partial charge >= 0.3 is 0 Å². The number of nitrogens with zero attached hydrogens (tertiary/aromatic N) is 1. The lowest BCUT2D eigenvalue weighted by atomic mass is 10.1. The first-order valence-electron chi connectivity index (χ1n) is 6.15. The van der Waals surface area contributed by atoms with E-state index in [0.29, 0.717) is 18.5 Å². The van der Waals surface area contributed by atoms with Gasteiger partial charge in [0.2, 0.25) is 5.88 Å². The Balaban J connectivity index is 1.93. The van der Waals surface area contributed by atoms with Crippen molar-refractivity contribution in [1.82, 2.24) is 4.98 Å². The van der Waals surface area contributed by atoms with Crippen LogP contribution in [0.1, 0.15) is 19.4 Å². The third-order valence-corrected chi connectivity index (χ3v) is 3.26. The van der Waals surface area contributed by atoms with Crippen LogP contribution in [0.2, 0.25) is 0 Å². The van der Waals surface area contributed by atoms with Crippen molar-refractivity contribution >= 4 is 17.2 Å². The van der Waals surface area contributed by atoms with E-state index in [4.69, 9.17) is 4.74 Å². The zero-order valence-electron chi connectivity index (χ0n) is 10.7. The van der Waals surface area contributed by atoms with Crippen LogP contribution in [0.25, 0.3) is 0 Å². The van der Waals surface area contributed by atoms with Gasteiger partial charge in [-0.2, -0.15) is 16.3 Å². The molecule has 1 unspecified atom stereocenters. The molecule has 1 N–H and O–H groups in total. The van der Waals surface area contributed by atoms with Gasteiger partial charge in [-0.1, -0.05) is 6.07 Å². The minimum Gasteiger partial charge on any atom is -0.478 e. The van der Waals surface area contributed by atoms with Crippen LogP contribution in [-0.4, -0.2) is 17.6 Å². The van der Waals surface area contributed by atoms with Crippen molar-refractivity contribution in [1.29, 1.82) is 0 Å². The molecule has 2 rings (SSSR count). The summed E-state index contributed by atoms with van der Waals surface area (Å²) in [5.41, 5.74) is 1.36. The molecule has 0 aliphatic rings. The smallest absolute Gasteiger partial charge is 0.215 e. The Morgan fingerprint density at radius 2 is 2.28 bits per heavy atom. The minimum atomic E-state index is 0.351. The van der Waals surface area contributed by atoms with E-state index in [2.05, 4.69) is 34.1 Å². The first-order valence-corrected chi connectivity index (χ1v) is 7.09. The van der Waals surface area contributed by atoms with E-state index in [1.54, 1.807) is 11.3 Å². The van der Waals surface area contributed by atoms with Gasteiger partial charge in [0.05, 0.1) is 6.61 Å². The molecule has 4 heteroatoms. The fraction of sp³-hybridized carbons (Fsp3) is 0.357. The van der Waals surface area contributed by atoms with E-state index >= 15 is 0 Å². The molecule has 0 amide bonds. The maximum atomic E-state index is 5.38. The SMILES string of the molecule is CCOc1cccc(NC(C)Cc2ccsc2)n1. The van der Waals surface area contributed by atoms with E-state index in [0.717, 1.165) is 12.2 Å². The number of pyridine rings is 1. The number of hydrogen-bond acceptors (Lipinski definition) is 4. The summed E-state index contributed by atoms with van der Waals surface area (Å²) in [6.45, 7) is 4.76. The van der Waals surface area contributed by atoms with Gasteiger partial charge in [0.1, 0.15) is 5.82 Å². The fourth-order valence-electron chi connectivity index (χ4n) is 1.79. The van der Waals surface area contributed by atoms with Gasteiger partial charge in [0, 0.05) is 12.1 Å². The van der Waals surface area contributed by atoms with E-state index in [9.17, 15) is 0 Å². The zero-order valence-corrected chi connectivity index (χ0v) is 11.5. The van der Waals surface area contributed by atoms with Crippen molar-refractivity contribution in [3.63, 3.8) is 0 Å². The summed E-state index contributed by atoms with van der Waals surface area (Å²) in [4.78, 5) is 4.40. The molecule has 0 aromatic carbocycles. The average molecular weight is 262 g/mol. The Morgan fingerprint density at radius 3 is 3.00 bits per heavy atom. The lowest BCUT2D eigenvalue weighted by molar-refractivity contribution is 0.327. The first-order chi connectivity index (χ1) is 8.78. The molecule has 96 valence electrons. The number of rotatable bonds is 6. The summed E-state index contributed by atoms with van der Waals surface area (Å²) in [7, 11) is 0. The molecule has 0 saturated heterocycles. The first kappa shape index (κ1) is 12.9. The Labute approximate surface area is 112 Å². The molecule has 0 fully saturated rings. The van der Waals surface area contributed by atoms with Crippen LogP contribution in [0, 0.1) is 0 Å². The van der Waals surface area contributed by atoms with Crippen LogP contribution in [0.15, 0.2) is 35.0 Å². The third-order valence-electron chi connectivity index (χ3n) is 2.53. The summed E-state index contributed by atoms with van der Waals surface area (Å²) in [5, 5.41) is 7.68. The van der Waals surface area contributed by atoms with Gasteiger partial charge in [-0.15, -0.1) is 0 Å². The van der Waals surface area contributed by atoms with Gasteiger partial charge in [-0.05, 0) is 48.7 Å². The normalized spacial score (nSPS) is 12.1. The van der Waals surface area contributed by atoms with Crippen LogP contribution in [0.4, 0.5) is 5.82 Å². The Bertz CT molecular complexity index is 470. The molecule has 0 aliphatic carbocycles. The van der Waals surface area contributed by atoms with Crippen molar-refractivity contribution in [3.05, 3.63) is 40.6 Å². The predicted molar refractivity (Wildman–Crippen MR) is 76.5 cm³/mol. The number of hydrogen-bond donors (Lipinski definition) is 1. The predicted octanol–water partition coefficient (Wildman–Crippen LogP) is 3.58. The summed E-state index contributed by atoms with van der Waals surface area (Å²) < 4.78 is 5.38. The summed E-state index contributed by atoms with van der Waals surface area (Å²) >= 11 is 1.73. The highest BCUT2D eigenvalue weighted by Crippen LogP contribution is 2.14. The number of anilines is 1. The van der Waals surface area contributed by atoms with Gasteiger partial charge in [0.25, 0.3) is 0 Å². The highest BCUT2D eigenvalue weighted by Gasteiger charge is 2.05. The standard InChI is InChI=1S/C14H18N2OS/c1-3-17-14-6-4-5-13(16-14)15-11(2)9-12-7-8-18-10-12/h4-8,10-11H,3,9H2,1-2H3,(H,15,16). The van der Waals surface area contributed by atoms with E-state index in [1.165, 1.54) is 5.56 Å². The summed E-state index contributed by atoms with van der Waals surface area (Å²) in [6, 6.07) is 8.30.